The van der Waals surface area contributed by atoms with Crippen molar-refractivity contribution in [2.75, 3.05) is 7.05 Å². The molecule has 1 aliphatic heterocycles. The van der Waals surface area contributed by atoms with Crippen molar-refractivity contribution in [2.45, 2.75) is 45.7 Å². The molecule has 11 heavy (non-hydrogen) atoms. The summed E-state index contributed by atoms with van der Waals surface area (Å²) < 4.78 is 0. The van der Waals surface area contributed by atoms with Crippen molar-refractivity contribution in [3.8, 4) is 0 Å². The van der Waals surface area contributed by atoms with Crippen LogP contribution in [0, 0.1) is 11.3 Å². The first-order valence-corrected chi connectivity index (χ1v) is 4.74. The van der Waals surface area contributed by atoms with Gasteiger partial charge in [0.05, 0.1) is 0 Å². The normalized spacial score (nSPS) is 48.5. The Kier molecular flexibility index (Phi) is 1.39. The quantitative estimate of drug-likeness (QED) is 0.515. The van der Waals surface area contributed by atoms with E-state index < -0.39 is 0 Å². The fourth-order valence-electron chi connectivity index (χ4n) is 3.23. The maximum atomic E-state index is 2.57. The molecule has 3 atom stereocenters. The van der Waals surface area contributed by atoms with Crippen molar-refractivity contribution in [1.82, 2.24) is 4.90 Å². The van der Waals surface area contributed by atoms with Crippen LogP contribution in [-0.2, 0) is 0 Å². The van der Waals surface area contributed by atoms with Gasteiger partial charge in [0.1, 0.15) is 0 Å². The predicted octanol–water partition coefficient (Wildman–Crippen LogP) is 2.13. The first-order chi connectivity index (χ1) is 5.02. The van der Waals surface area contributed by atoms with Gasteiger partial charge in [-0.2, -0.15) is 0 Å². The van der Waals surface area contributed by atoms with Crippen LogP contribution in [0.2, 0.25) is 0 Å². The average Bonchev–Trinajstić information content (AvgIpc) is 2.31. The number of rotatable bonds is 0. The lowest BCUT2D eigenvalue weighted by molar-refractivity contribution is 0.0917. The van der Waals surface area contributed by atoms with Crippen LogP contribution in [0.3, 0.4) is 0 Å². The van der Waals surface area contributed by atoms with Gasteiger partial charge in [0, 0.05) is 12.1 Å². The van der Waals surface area contributed by atoms with E-state index in [0.29, 0.717) is 5.41 Å². The van der Waals surface area contributed by atoms with Crippen molar-refractivity contribution in [3.05, 3.63) is 0 Å². The van der Waals surface area contributed by atoms with Crippen LogP contribution >= 0.6 is 0 Å². The van der Waals surface area contributed by atoms with E-state index in [4.69, 9.17) is 0 Å². The number of piperidine rings is 1. The summed E-state index contributed by atoms with van der Waals surface area (Å²) in [5, 5.41) is 0. The lowest BCUT2D eigenvalue weighted by atomic mass is 9.77. The largest absolute Gasteiger partial charge is 0.300 e. The summed E-state index contributed by atoms with van der Waals surface area (Å²) in [5.41, 5.74) is 0.622. The number of likely N-dealkylation sites (tertiary alicyclic amines) is 1. The second-order valence-corrected chi connectivity index (χ2v) is 5.09. The van der Waals surface area contributed by atoms with Crippen LogP contribution in [0.5, 0.6) is 0 Å². The number of hydrogen-bond donors (Lipinski definition) is 0. The van der Waals surface area contributed by atoms with E-state index >= 15 is 0 Å². The second-order valence-electron chi connectivity index (χ2n) is 5.09. The summed E-state index contributed by atoms with van der Waals surface area (Å²) in [6.07, 6.45) is 2.86. The number of fused-ring (bicyclic) bond motifs is 2. The molecular weight excluding hydrogens is 134 g/mol. The molecule has 2 fully saturated rings. The molecule has 1 aliphatic carbocycles. The highest BCUT2D eigenvalue weighted by atomic mass is 15.2. The van der Waals surface area contributed by atoms with Crippen LogP contribution in [0.1, 0.15) is 33.6 Å². The van der Waals surface area contributed by atoms with Crippen molar-refractivity contribution in [3.63, 3.8) is 0 Å². The molecule has 2 aliphatic rings. The van der Waals surface area contributed by atoms with Gasteiger partial charge in [-0.1, -0.05) is 13.8 Å². The fraction of sp³-hybridized carbons (Fsp3) is 1.00. The molecule has 1 saturated heterocycles. The maximum Gasteiger partial charge on any atom is 0.0104 e. The molecule has 64 valence electrons. The molecule has 0 spiro atoms. The van der Waals surface area contributed by atoms with E-state index in [1.54, 1.807) is 0 Å². The van der Waals surface area contributed by atoms with Gasteiger partial charge >= 0.3 is 0 Å². The Morgan fingerprint density at radius 2 is 2.00 bits per heavy atom. The predicted molar refractivity (Wildman–Crippen MR) is 47.5 cm³/mol. The molecule has 1 nitrogen and oxygen atoms in total. The molecule has 1 heterocycles. The summed E-state index contributed by atoms with van der Waals surface area (Å²) in [6, 6.07) is 1.72. The van der Waals surface area contributed by atoms with E-state index in [-0.39, 0.29) is 0 Å². The Labute approximate surface area is 69.8 Å². The molecule has 0 aromatic carbocycles. The molecule has 0 N–H and O–H groups in total. The smallest absolute Gasteiger partial charge is 0.0104 e. The summed E-state index contributed by atoms with van der Waals surface area (Å²) in [5.74, 6) is 0.956. The third-order valence-corrected chi connectivity index (χ3v) is 4.09. The number of nitrogens with zero attached hydrogens (tertiary/aromatic N) is 1. The Morgan fingerprint density at radius 1 is 1.36 bits per heavy atom. The van der Waals surface area contributed by atoms with E-state index in [2.05, 4.69) is 32.7 Å². The molecule has 1 saturated carbocycles. The Balaban J connectivity index is 2.23. The highest BCUT2D eigenvalue weighted by Gasteiger charge is 2.51. The fourth-order valence-corrected chi connectivity index (χ4v) is 3.23. The van der Waals surface area contributed by atoms with Crippen LogP contribution in [0.25, 0.3) is 0 Å². The molecule has 2 rings (SSSR count). The van der Waals surface area contributed by atoms with Crippen LogP contribution < -0.4 is 0 Å². The zero-order chi connectivity index (χ0) is 8.22. The highest BCUT2D eigenvalue weighted by molar-refractivity contribution is 5.04. The van der Waals surface area contributed by atoms with Gasteiger partial charge in [0.25, 0.3) is 0 Å². The molecule has 0 amide bonds. The minimum Gasteiger partial charge on any atom is -0.300 e. The highest BCUT2D eigenvalue weighted by Crippen LogP contribution is 2.52. The van der Waals surface area contributed by atoms with Crippen molar-refractivity contribution >= 4 is 0 Å². The zero-order valence-electron chi connectivity index (χ0n) is 8.09. The van der Waals surface area contributed by atoms with Crippen molar-refractivity contribution in [2.24, 2.45) is 11.3 Å². The zero-order valence-corrected chi connectivity index (χ0v) is 8.09. The van der Waals surface area contributed by atoms with Crippen molar-refractivity contribution < 1.29 is 0 Å². The SMILES string of the molecule is C[C@@H]1C2CC(CC2(C)C)N1C. The molecular formula is C10H19N. The van der Waals surface area contributed by atoms with E-state index in [1.165, 1.54) is 12.8 Å². The first-order valence-electron chi connectivity index (χ1n) is 4.74. The minimum absolute atomic E-state index is 0.622. The van der Waals surface area contributed by atoms with E-state index in [9.17, 15) is 0 Å². The Morgan fingerprint density at radius 3 is 2.36 bits per heavy atom. The minimum atomic E-state index is 0.622. The molecule has 1 heteroatoms. The Bertz CT molecular complexity index is 172. The van der Waals surface area contributed by atoms with Gasteiger partial charge in [-0.25, -0.2) is 0 Å². The monoisotopic (exact) mass is 153 g/mol. The van der Waals surface area contributed by atoms with Crippen LogP contribution in [0.4, 0.5) is 0 Å². The van der Waals surface area contributed by atoms with Gasteiger partial charge in [0.15, 0.2) is 0 Å². The van der Waals surface area contributed by atoms with Crippen molar-refractivity contribution in [1.29, 1.82) is 0 Å². The molecule has 2 bridgehead atoms. The average molecular weight is 153 g/mol. The third kappa shape index (κ3) is 0.868. The number of hydrogen-bond acceptors (Lipinski definition) is 1. The Hall–Kier alpha value is -0.0400. The first kappa shape index (κ1) is 7.60. The summed E-state index contributed by atoms with van der Waals surface area (Å²) in [7, 11) is 2.28. The van der Waals surface area contributed by atoms with E-state index in [1.807, 2.05) is 0 Å². The van der Waals surface area contributed by atoms with Gasteiger partial charge in [-0.15, -0.1) is 0 Å². The standard InChI is InChI=1S/C10H19N/c1-7-9-5-8(11(7)4)6-10(9,2)3/h7-9H,5-6H2,1-4H3/t7-,8?,9?/m1/s1. The van der Waals surface area contributed by atoms with Gasteiger partial charge < -0.3 is 4.90 Å². The maximum absolute atomic E-state index is 2.57. The lowest BCUT2D eigenvalue weighted by Crippen LogP contribution is -2.42. The molecule has 0 aromatic heterocycles. The molecule has 0 aromatic rings. The lowest BCUT2D eigenvalue weighted by Gasteiger charge is -2.39. The third-order valence-electron chi connectivity index (χ3n) is 4.09. The van der Waals surface area contributed by atoms with E-state index in [0.717, 1.165) is 18.0 Å². The van der Waals surface area contributed by atoms with Gasteiger partial charge in [-0.05, 0) is 38.1 Å². The molecule has 0 radical (unpaired) electrons. The summed E-state index contributed by atoms with van der Waals surface area (Å²) in [4.78, 5) is 2.57. The summed E-state index contributed by atoms with van der Waals surface area (Å²) in [6.45, 7) is 7.24. The van der Waals surface area contributed by atoms with Gasteiger partial charge in [-0.3, -0.25) is 0 Å². The topological polar surface area (TPSA) is 3.24 Å². The second kappa shape index (κ2) is 2.01. The van der Waals surface area contributed by atoms with Crippen LogP contribution in [0.15, 0.2) is 0 Å². The van der Waals surface area contributed by atoms with Crippen LogP contribution in [-0.4, -0.2) is 24.0 Å². The van der Waals surface area contributed by atoms with Gasteiger partial charge in [0.2, 0.25) is 0 Å². The summed E-state index contributed by atoms with van der Waals surface area (Å²) >= 11 is 0. The molecule has 2 unspecified atom stereocenters.